The molecule has 0 aliphatic heterocycles. The molecule has 0 aliphatic carbocycles. The van der Waals surface area contributed by atoms with Crippen LogP contribution in [0.5, 0.6) is 5.75 Å². The summed E-state index contributed by atoms with van der Waals surface area (Å²) in [4.78, 5) is 4.35. The lowest BCUT2D eigenvalue weighted by atomic mass is 10.2. The van der Waals surface area contributed by atoms with Crippen LogP contribution in [-0.2, 0) is 13.5 Å². The van der Waals surface area contributed by atoms with Gasteiger partial charge in [-0.05, 0) is 31.2 Å². The predicted octanol–water partition coefficient (Wildman–Crippen LogP) is 2.55. The summed E-state index contributed by atoms with van der Waals surface area (Å²) in [5.41, 5.74) is 1.94. The lowest BCUT2D eigenvalue weighted by Crippen LogP contribution is -1.98. The van der Waals surface area contributed by atoms with Gasteiger partial charge in [0.05, 0.1) is 24.8 Å². The molecule has 0 unspecified atom stereocenters. The molecule has 0 bridgehead atoms. The third-order valence-corrected chi connectivity index (χ3v) is 2.77. The van der Waals surface area contributed by atoms with Crippen LogP contribution in [0.25, 0.3) is 11.4 Å². The monoisotopic (exact) mass is 241 g/mol. The second-order valence-electron chi connectivity index (χ2n) is 3.92. The number of hydrogen-bond acceptors (Lipinski definition) is 3. The maximum absolute atomic E-state index is 8.71. The molecule has 2 aromatic rings. The van der Waals surface area contributed by atoms with Crippen molar-refractivity contribution in [3.8, 4) is 23.2 Å². The summed E-state index contributed by atoms with van der Waals surface area (Å²) >= 11 is 0. The fourth-order valence-electron chi connectivity index (χ4n) is 1.83. The molecule has 2 rings (SSSR count). The average Bonchev–Trinajstić information content (AvgIpc) is 2.73. The van der Waals surface area contributed by atoms with Crippen molar-refractivity contribution in [1.29, 1.82) is 5.26 Å². The molecular formula is C14H15N3O. The van der Waals surface area contributed by atoms with Gasteiger partial charge in [0.15, 0.2) is 0 Å². The molecule has 1 aromatic heterocycles. The fourth-order valence-corrected chi connectivity index (χ4v) is 1.83. The van der Waals surface area contributed by atoms with Crippen molar-refractivity contribution < 1.29 is 4.74 Å². The number of imidazole rings is 1. The van der Waals surface area contributed by atoms with Crippen molar-refractivity contribution in [1.82, 2.24) is 9.55 Å². The Morgan fingerprint density at radius 3 is 2.67 bits per heavy atom. The van der Waals surface area contributed by atoms with E-state index in [1.54, 1.807) is 6.20 Å². The van der Waals surface area contributed by atoms with Gasteiger partial charge < -0.3 is 9.30 Å². The first-order valence-corrected chi connectivity index (χ1v) is 5.87. The van der Waals surface area contributed by atoms with E-state index in [0.717, 1.165) is 22.8 Å². The van der Waals surface area contributed by atoms with Gasteiger partial charge in [0.1, 0.15) is 11.6 Å². The largest absolute Gasteiger partial charge is 0.494 e. The molecular weight excluding hydrogens is 226 g/mol. The highest BCUT2D eigenvalue weighted by molar-refractivity contribution is 5.57. The number of nitrogens with zero attached hydrogens (tertiary/aromatic N) is 3. The molecule has 0 saturated carbocycles. The van der Waals surface area contributed by atoms with E-state index in [1.165, 1.54) is 0 Å². The van der Waals surface area contributed by atoms with Crippen molar-refractivity contribution in [3.63, 3.8) is 0 Å². The highest BCUT2D eigenvalue weighted by atomic mass is 16.5. The van der Waals surface area contributed by atoms with E-state index in [4.69, 9.17) is 10.00 Å². The first-order chi connectivity index (χ1) is 8.76. The topological polar surface area (TPSA) is 50.8 Å². The van der Waals surface area contributed by atoms with Crippen LogP contribution >= 0.6 is 0 Å². The van der Waals surface area contributed by atoms with Gasteiger partial charge in [-0.2, -0.15) is 5.26 Å². The molecule has 4 heteroatoms. The molecule has 0 saturated heterocycles. The molecule has 0 aliphatic rings. The van der Waals surface area contributed by atoms with Crippen LogP contribution in [0.2, 0.25) is 0 Å². The Labute approximate surface area is 106 Å². The standard InChI is InChI=1S/C14H15N3O/c1-3-18-13-6-4-11(5-7-13)14-16-10-12(8-9-15)17(14)2/h4-7,10H,3,8H2,1-2H3. The molecule has 92 valence electrons. The summed E-state index contributed by atoms with van der Waals surface area (Å²) in [6.45, 7) is 2.62. The number of aromatic nitrogens is 2. The Morgan fingerprint density at radius 2 is 2.06 bits per heavy atom. The lowest BCUT2D eigenvalue weighted by molar-refractivity contribution is 0.340. The van der Waals surface area contributed by atoms with E-state index in [-0.39, 0.29) is 0 Å². The van der Waals surface area contributed by atoms with E-state index in [0.29, 0.717) is 13.0 Å². The predicted molar refractivity (Wildman–Crippen MR) is 69.1 cm³/mol. The maximum Gasteiger partial charge on any atom is 0.139 e. The Hall–Kier alpha value is -2.28. The first kappa shape index (κ1) is 12.2. The summed E-state index contributed by atoms with van der Waals surface area (Å²) in [5, 5.41) is 8.71. The van der Waals surface area contributed by atoms with Gasteiger partial charge in [-0.15, -0.1) is 0 Å². The van der Waals surface area contributed by atoms with Crippen molar-refractivity contribution in [2.24, 2.45) is 7.05 Å². The first-order valence-electron chi connectivity index (χ1n) is 5.87. The van der Waals surface area contributed by atoms with Gasteiger partial charge in [-0.1, -0.05) is 0 Å². The molecule has 1 aromatic carbocycles. The fraction of sp³-hybridized carbons (Fsp3) is 0.286. The van der Waals surface area contributed by atoms with E-state index in [1.807, 2.05) is 42.8 Å². The minimum Gasteiger partial charge on any atom is -0.494 e. The molecule has 0 spiro atoms. The zero-order valence-electron chi connectivity index (χ0n) is 10.6. The minimum atomic E-state index is 0.376. The van der Waals surface area contributed by atoms with E-state index in [9.17, 15) is 0 Å². The Balaban J connectivity index is 2.29. The van der Waals surface area contributed by atoms with Gasteiger partial charge in [0, 0.05) is 18.8 Å². The van der Waals surface area contributed by atoms with E-state index >= 15 is 0 Å². The summed E-state index contributed by atoms with van der Waals surface area (Å²) in [7, 11) is 1.92. The van der Waals surface area contributed by atoms with Crippen molar-refractivity contribution in [3.05, 3.63) is 36.2 Å². The summed E-state index contributed by atoms with van der Waals surface area (Å²) in [5.74, 6) is 1.72. The van der Waals surface area contributed by atoms with Crippen LogP contribution in [0.4, 0.5) is 0 Å². The van der Waals surface area contributed by atoms with Crippen LogP contribution < -0.4 is 4.74 Å². The van der Waals surface area contributed by atoms with E-state index in [2.05, 4.69) is 11.1 Å². The molecule has 0 radical (unpaired) electrons. The lowest BCUT2D eigenvalue weighted by Gasteiger charge is -2.06. The van der Waals surface area contributed by atoms with Crippen LogP contribution in [-0.4, -0.2) is 16.2 Å². The Morgan fingerprint density at radius 1 is 1.33 bits per heavy atom. The summed E-state index contributed by atoms with van der Waals surface area (Å²) in [6.07, 6.45) is 2.12. The molecule has 0 atom stereocenters. The van der Waals surface area contributed by atoms with Crippen molar-refractivity contribution in [2.75, 3.05) is 6.61 Å². The van der Waals surface area contributed by atoms with Crippen molar-refractivity contribution in [2.45, 2.75) is 13.3 Å². The highest BCUT2D eigenvalue weighted by Gasteiger charge is 2.08. The van der Waals surface area contributed by atoms with Gasteiger partial charge in [0.2, 0.25) is 0 Å². The minimum absolute atomic E-state index is 0.376. The summed E-state index contributed by atoms with van der Waals surface area (Å²) in [6, 6.07) is 9.94. The average molecular weight is 241 g/mol. The van der Waals surface area contributed by atoms with Crippen LogP contribution in [0, 0.1) is 11.3 Å². The number of hydrogen-bond donors (Lipinski definition) is 0. The number of benzene rings is 1. The maximum atomic E-state index is 8.71. The molecule has 0 N–H and O–H groups in total. The van der Waals surface area contributed by atoms with Gasteiger partial charge in [-0.25, -0.2) is 4.98 Å². The number of ether oxygens (including phenoxy) is 1. The zero-order valence-corrected chi connectivity index (χ0v) is 10.6. The highest BCUT2D eigenvalue weighted by Crippen LogP contribution is 2.22. The second kappa shape index (κ2) is 5.37. The van der Waals surface area contributed by atoms with Crippen LogP contribution in [0.1, 0.15) is 12.6 Å². The Kier molecular flexibility index (Phi) is 3.63. The number of nitriles is 1. The second-order valence-corrected chi connectivity index (χ2v) is 3.92. The molecule has 1 heterocycles. The smallest absolute Gasteiger partial charge is 0.139 e. The Bertz CT molecular complexity index is 564. The summed E-state index contributed by atoms with van der Waals surface area (Å²) < 4.78 is 7.34. The normalized spacial score (nSPS) is 10.1. The molecule has 18 heavy (non-hydrogen) atoms. The third-order valence-electron chi connectivity index (χ3n) is 2.77. The SMILES string of the molecule is CCOc1ccc(-c2ncc(CC#N)n2C)cc1. The van der Waals surface area contributed by atoms with E-state index < -0.39 is 0 Å². The van der Waals surface area contributed by atoms with Crippen LogP contribution in [0.15, 0.2) is 30.5 Å². The zero-order chi connectivity index (χ0) is 13.0. The van der Waals surface area contributed by atoms with Gasteiger partial charge >= 0.3 is 0 Å². The molecule has 0 amide bonds. The van der Waals surface area contributed by atoms with Crippen molar-refractivity contribution >= 4 is 0 Å². The van der Waals surface area contributed by atoms with Gasteiger partial charge in [0.25, 0.3) is 0 Å². The third kappa shape index (κ3) is 2.35. The van der Waals surface area contributed by atoms with Crippen LogP contribution in [0.3, 0.4) is 0 Å². The molecule has 0 fully saturated rings. The van der Waals surface area contributed by atoms with Gasteiger partial charge in [-0.3, -0.25) is 0 Å². The quantitative estimate of drug-likeness (QED) is 0.826. The molecule has 4 nitrogen and oxygen atoms in total. The number of rotatable bonds is 4.